The maximum atomic E-state index is 13.7. The van der Waals surface area contributed by atoms with Gasteiger partial charge in [-0.3, -0.25) is 9.59 Å². The number of nitrogens with one attached hydrogen (secondary N) is 3. The third-order valence-electron chi connectivity index (χ3n) is 12.5. The molecular weight excluding hydrogens is 735 g/mol. The van der Waals surface area contributed by atoms with E-state index in [0.29, 0.717) is 19.0 Å². The summed E-state index contributed by atoms with van der Waals surface area (Å²) < 4.78 is 14.0. The van der Waals surface area contributed by atoms with Crippen LogP contribution in [0.15, 0.2) is 54.9 Å². The second kappa shape index (κ2) is 14.9. The van der Waals surface area contributed by atoms with E-state index in [1.54, 1.807) is 0 Å². The zero-order valence-electron chi connectivity index (χ0n) is 33.8. The van der Waals surface area contributed by atoms with Gasteiger partial charge in [0.2, 0.25) is 11.8 Å². The predicted octanol–water partition coefficient (Wildman–Crippen LogP) is 7.08. The van der Waals surface area contributed by atoms with Crippen LogP contribution in [0.1, 0.15) is 96.0 Å². The van der Waals surface area contributed by atoms with Crippen molar-refractivity contribution >= 4 is 28.8 Å². The fourth-order valence-electron chi connectivity index (χ4n) is 9.06. The average Bonchev–Trinajstić information content (AvgIpc) is 3.80. The number of amides is 3. The number of rotatable bonds is 10. The van der Waals surface area contributed by atoms with Gasteiger partial charge in [-0.25, -0.2) is 14.8 Å². The standard InChI is InChI=1S/C44H53N9O5/c1-23(2)37(45)41(54)52-17-7-9-34(52)40-47-21-30(48-40)26-12-14-29-35-19-28-18-27(13-15-32(28)53(35)43(25-10-11-25)58-36(29)20-26)39-46-22-31(49-39)33-8-6-16-51(33)42(55)38(24(3)4)50-44(56)57-5/h12-15,18-25,33-34,37-38,43H,6-11,16-17,45H2,1-5H3,(H,46,49)(H,47,48)(H,50,56). The molecule has 5 unspecified atom stereocenters. The van der Waals surface area contributed by atoms with Crippen molar-refractivity contribution in [3.05, 3.63) is 66.4 Å². The number of aromatic nitrogens is 5. The number of aromatic amines is 2. The second-order valence-electron chi connectivity index (χ2n) is 17.1. The number of nitrogens with two attached hydrogens (primary N) is 1. The molecule has 2 aromatic carbocycles. The highest BCUT2D eigenvalue weighted by Crippen LogP contribution is 2.51. The Kier molecular flexibility index (Phi) is 9.77. The number of nitrogens with zero attached hydrogens (tertiary/aromatic N) is 5. The number of carbonyl (C=O) groups is 3. The lowest BCUT2D eigenvalue weighted by Gasteiger charge is -2.30. The van der Waals surface area contributed by atoms with Crippen LogP contribution in [0.25, 0.3) is 44.8 Å². The molecule has 2 saturated heterocycles. The Bertz CT molecular complexity index is 2370. The molecule has 304 valence electrons. The minimum atomic E-state index is -0.682. The Morgan fingerprint density at radius 2 is 1.60 bits per heavy atom. The van der Waals surface area contributed by atoms with Gasteiger partial charge in [0, 0.05) is 41.1 Å². The van der Waals surface area contributed by atoms with E-state index in [9.17, 15) is 14.4 Å². The molecule has 0 bridgehead atoms. The maximum absolute atomic E-state index is 13.7. The van der Waals surface area contributed by atoms with Gasteiger partial charge in [-0.15, -0.1) is 0 Å². The number of H-pyrrole nitrogens is 2. The summed E-state index contributed by atoms with van der Waals surface area (Å²) in [4.78, 5) is 59.3. The smallest absolute Gasteiger partial charge is 0.407 e. The molecule has 9 rings (SSSR count). The van der Waals surface area contributed by atoms with Gasteiger partial charge in [0.25, 0.3) is 0 Å². The summed E-state index contributed by atoms with van der Waals surface area (Å²) in [5.74, 6) is 2.62. The predicted molar refractivity (Wildman–Crippen MR) is 219 cm³/mol. The minimum absolute atomic E-state index is 0.0171. The molecule has 0 spiro atoms. The summed E-state index contributed by atoms with van der Waals surface area (Å²) in [5, 5.41) is 3.82. The quantitative estimate of drug-likeness (QED) is 0.116. The van der Waals surface area contributed by atoms with E-state index in [1.807, 2.05) is 49.9 Å². The van der Waals surface area contributed by atoms with Crippen LogP contribution >= 0.6 is 0 Å². The van der Waals surface area contributed by atoms with Crippen LogP contribution < -0.4 is 15.8 Å². The number of ether oxygens (including phenoxy) is 2. The molecule has 3 aliphatic heterocycles. The highest BCUT2D eigenvalue weighted by molar-refractivity contribution is 5.92. The lowest BCUT2D eigenvalue weighted by Crippen LogP contribution is -2.51. The number of carbonyl (C=O) groups excluding carboxylic acids is 3. The number of hydrogen-bond donors (Lipinski definition) is 4. The van der Waals surface area contributed by atoms with Gasteiger partial charge in [0.05, 0.1) is 60.2 Å². The van der Waals surface area contributed by atoms with E-state index >= 15 is 0 Å². The fourth-order valence-corrected chi connectivity index (χ4v) is 9.06. The van der Waals surface area contributed by atoms with Crippen LogP contribution in [0.4, 0.5) is 4.79 Å². The zero-order chi connectivity index (χ0) is 40.4. The lowest BCUT2D eigenvalue weighted by molar-refractivity contribution is -0.135. The summed E-state index contributed by atoms with van der Waals surface area (Å²) in [5.41, 5.74) is 13.2. The molecule has 5 atom stereocenters. The molecule has 1 saturated carbocycles. The molecule has 58 heavy (non-hydrogen) atoms. The third kappa shape index (κ3) is 6.70. The summed E-state index contributed by atoms with van der Waals surface area (Å²) in [6.07, 6.45) is 8.62. The van der Waals surface area contributed by atoms with Crippen LogP contribution in [0.5, 0.6) is 5.75 Å². The number of benzene rings is 2. The van der Waals surface area contributed by atoms with Gasteiger partial charge in [0.1, 0.15) is 23.4 Å². The van der Waals surface area contributed by atoms with Gasteiger partial charge in [0.15, 0.2) is 6.23 Å². The molecule has 14 nitrogen and oxygen atoms in total. The largest absolute Gasteiger partial charge is 0.469 e. The van der Waals surface area contributed by atoms with Gasteiger partial charge >= 0.3 is 6.09 Å². The molecule has 1 aliphatic carbocycles. The Balaban J connectivity index is 0.978. The lowest BCUT2D eigenvalue weighted by atomic mass is 10.0. The van der Waals surface area contributed by atoms with Crippen molar-refractivity contribution in [3.63, 3.8) is 0 Å². The number of hydrogen-bond acceptors (Lipinski definition) is 8. The van der Waals surface area contributed by atoms with E-state index in [1.165, 1.54) is 7.11 Å². The number of alkyl carbamates (subject to hydrolysis) is 1. The SMILES string of the molecule is COC(=O)NC(C(=O)N1CCCC1c1cnc(-c2ccc3c(c2)cc2n3C(C3CC3)Oc3cc(-c4cnc(C5CCCN5C(=O)C(N)C(C)C)[nH]4)ccc3-2)[nH]1)C(C)C. The molecule has 0 radical (unpaired) electrons. The van der Waals surface area contributed by atoms with Crippen LogP contribution in [0.3, 0.4) is 0 Å². The monoisotopic (exact) mass is 787 g/mol. The first-order chi connectivity index (χ1) is 28.0. The van der Waals surface area contributed by atoms with Crippen molar-refractivity contribution in [2.24, 2.45) is 23.5 Å². The van der Waals surface area contributed by atoms with Crippen molar-refractivity contribution < 1.29 is 23.9 Å². The first kappa shape index (κ1) is 37.9. The maximum Gasteiger partial charge on any atom is 0.407 e. The Morgan fingerprint density at radius 3 is 2.33 bits per heavy atom. The van der Waals surface area contributed by atoms with Crippen LogP contribution in [0.2, 0.25) is 0 Å². The van der Waals surface area contributed by atoms with E-state index in [2.05, 4.69) is 62.3 Å². The summed E-state index contributed by atoms with van der Waals surface area (Å²) >= 11 is 0. The number of likely N-dealkylation sites (tertiary alicyclic amines) is 2. The minimum Gasteiger partial charge on any atom is -0.469 e. The Hall–Kier alpha value is -5.63. The third-order valence-corrected chi connectivity index (χ3v) is 12.5. The zero-order valence-corrected chi connectivity index (χ0v) is 33.8. The highest BCUT2D eigenvalue weighted by atomic mass is 16.5. The van der Waals surface area contributed by atoms with Crippen LogP contribution in [-0.2, 0) is 14.3 Å². The first-order valence-electron chi connectivity index (χ1n) is 20.8. The van der Waals surface area contributed by atoms with Crippen molar-refractivity contribution in [1.29, 1.82) is 0 Å². The van der Waals surface area contributed by atoms with Crippen LogP contribution in [0, 0.1) is 17.8 Å². The van der Waals surface area contributed by atoms with Crippen LogP contribution in [-0.4, -0.2) is 84.5 Å². The summed E-state index contributed by atoms with van der Waals surface area (Å²) in [6, 6.07) is 13.5. The molecule has 4 aliphatic rings. The van der Waals surface area contributed by atoms with Crippen molar-refractivity contribution in [2.75, 3.05) is 20.2 Å². The summed E-state index contributed by atoms with van der Waals surface area (Å²) in [6.45, 7) is 9.09. The van der Waals surface area contributed by atoms with Gasteiger partial charge in [-0.2, -0.15) is 0 Å². The van der Waals surface area contributed by atoms with Crippen molar-refractivity contribution in [2.45, 2.75) is 96.6 Å². The molecule has 3 fully saturated rings. The molecular formula is C44H53N9O5. The molecule has 5 aromatic rings. The van der Waals surface area contributed by atoms with Gasteiger partial charge in [-0.1, -0.05) is 33.8 Å². The van der Waals surface area contributed by atoms with E-state index in [0.717, 1.165) is 101 Å². The van der Waals surface area contributed by atoms with E-state index in [4.69, 9.17) is 25.2 Å². The van der Waals surface area contributed by atoms with E-state index in [-0.39, 0.29) is 42.0 Å². The van der Waals surface area contributed by atoms with E-state index < -0.39 is 18.2 Å². The second-order valence-corrected chi connectivity index (χ2v) is 17.1. The molecule has 6 heterocycles. The first-order valence-corrected chi connectivity index (χ1v) is 20.8. The van der Waals surface area contributed by atoms with Gasteiger partial charge < -0.3 is 44.9 Å². The fraction of sp³-hybridized carbons (Fsp3) is 0.477. The number of imidazole rings is 2. The molecule has 3 amide bonds. The summed E-state index contributed by atoms with van der Waals surface area (Å²) in [7, 11) is 1.30. The van der Waals surface area contributed by atoms with Gasteiger partial charge in [-0.05, 0) is 86.8 Å². The number of methoxy groups -OCH3 is 1. The Morgan fingerprint density at radius 1 is 0.862 bits per heavy atom. The highest BCUT2D eigenvalue weighted by Gasteiger charge is 2.41. The van der Waals surface area contributed by atoms with Crippen molar-refractivity contribution in [3.8, 4) is 39.7 Å². The molecule has 14 heteroatoms. The van der Waals surface area contributed by atoms with Crippen molar-refractivity contribution in [1.82, 2.24) is 39.6 Å². The number of fused-ring (bicyclic) bond motifs is 5. The Labute approximate surface area is 337 Å². The average molecular weight is 788 g/mol. The molecule has 5 N–H and O–H groups in total. The molecule has 3 aromatic heterocycles. The topological polar surface area (TPSA) is 176 Å². The normalized spacial score (nSPS) is 21.3.